The van der Waals surface area contributed by atoms with E-state index in [9.17, 15) is 14.9 Å². The first-order chi connectivity index (χ1) is 11.7. The maximum absolute atomic E-state index is 12.2. The van der Waals surface area contributed by atoms with E-state index < -0.39 is 4.92 Å². The monoisotopic (exact) mass is 342 g/mol. The smallest absolute Gasteiger partial charge is 0.271 e. The van der Waals surface area contributed by atoms with Crippen molar-refractivity contribution < 1.29 is 14.5 Å². The van der Waals surface area contributed by atoms with Crippen LogP contribution >= 0.6 is 0 Å². The molecule has 0 aliphatic rings. The second kappa shape index (κ2) is 7.34. The largest absolute Gasteiger partial charge is 0.483 e. The first-order valence-electron chi connectivity index (χ1n) is 7.95. The van der Waals surface area contributed by atoms with Crippen molar-refractivity contribution in [2.75, 3.05) is 11.9 Å². The van der Waals surface area contributed by atoms with E-state index in [-0.39, 0.29) is 23.6 Å². The SMILES string of the molecule is Cc1ccc([N+](=O)[O-])cc1NC(=O)COc1ccccc1C(C)(C)C. The van der Waals surface area contributed by atoms with Crippen LogP contribution in [0.15, 0.2) is 42.5 Å². The van der Waals surface area contributed by atoms with Crippen molar-refractivity contribution in [1.29, 1.82) is 0 Å². The molecule has 6 heteroatoms. The third kappa shape index (κ3) is 4.79. The number of para-hydroxylation sites is 1. The highest BCUT2D eigenvalue weighted by molar-refractivity contribution is 5.93. The zero-order valence-corrected chi connectivity index (χ0v) is 14.8. The van der Waals surface area contributed by atoms with Crippen molar-refractivity contribution in [3.05, 3.63) is 63.7 Å². The minimum absolute atomic E-state index is 0.0695. The van der Waals surface area contributed by atoms with Gasteiger partial charge in [-0.05, 0) is 29.5 Å². The molecule has 0 saturated heterocycles. The van der Waals surface area contributed by atoms with Gasteiger partial charge in [-0.25, -0.2) is 0 Å². The summed E-state index contributed by atoms with van der Waals surface area (Å²) in [4.78, 5) is 22.5. The number of nitro benzene ring substituents is 1. The van der Waals surface area contributed by atoms with Crippen LogP contribution in [0.5, 0.6) is 5.75 Å². The van der Waals surface area contributed by atoms with Crippen LogP contribution in [0, 0.1) is 17.0 Å². The Morgan fingerprint density at radius 1 is 1.20 bits per heavy atom. The topological polar surface area (TPSA) is 81.5 Å². The molecule has 2 rings (SSSR count). The van der Waals surface area contributed by atoms with Crippen LogP contribution in [0.4, 0.5) is 11.4 Å². The molecule has 0 bridgehead atoms. The van der Waals surface area contributed by atoms with Gasteiger partial charge < -0.3 is 10.1 Å². The molecule has 2 aromatic rings. The van der Waals surface area contributed by atoms with Gasteiger partial charge >= 0.3 is 0 Å². The molecule has 0 heterocycles. The number of anilines is 1. The molecule has 0 unspecified atom stereocenters. The summed E-state index contributed by atoms with van der Waals surface area (Å²) >= 11 is 0. The number of nitro groups is 1. The van der Waals surface area contributed by atoms with Gasteiger partial charge in [-0.2, -0.15) is 0 Å². The Kier molecular flexibility index (Phi) is 5.41. The molecule has 0 saturated carbocycles. The quantitative estimate of drug-likeness (QED) is 0.651. The van der Waals surface area contributed by atoms with Crippen LogP contribution in [0.2, 0.25) is 0 Å². The van der Waals surface area contributed by atoms with E-state index >= 15 is 0 Å². The summed E-state index contributed by atoms with van der Waals surface area (Å²) in [5.41, 5.74) is 1.99. The highest BCUT2D eigenvalue weighted by Gasteiger charge is 2.19. The number of aryl methyl sites for hydroxylation is 1. The number of nitrogens with one attached hydrogen (secondary N) is 1. The van der Waals surface area contributed by atoms with E-state index in [2.05, 4.69) is 26.1 Å². The fraction of sp³-hybridized carbons (Fsp3) is 0.316. The van der Waals surface area contributed by atoms with E-state index in [1.165, 1.54) is 12.1 Å². The summed E-state index contributed by atoms with van der Waals surface area (Å²) < 4.78 is 5.67. The number of amides is 1. The zero-order valence-electron chi connectivity index (χ0n) is 14.8. The fourth-order valence-corrected chi connectivity index (χ4v) is 2.40. The van der Waals surface area contributed by atoms with E-state index in [1.807, 2.05) is 24.3 Å². The van der Waals surface area contributed by atoms with Crippen LogP contribution in [0.3, 0.4) is 0 Å². The minimum Gasteiger partial charge on any atom is -0.483 e. The second-order valence-electron chi connectivity index (χ2n) is 6.84. The van der Waals surface area contributed by atoms with Crippen LogP contribution < -0.4 is 10.1 Å². The molecule has 0 aliphatic carbocycles. The van der Waals surface area contributed by atoms with Gasteiger partial charge in [0, 0.05) is 12.1 Å². The molecule has 0 spiro atoms. The molecule has 0 aliphatic heterocycles. The molecule has 25 heavy (non-hydrogen) atoms. The van der Waals surface area contributed by atoms with Crippen molar-refractivity contribution in [3.63, 3.8) is 0 Å². The van der Waals surface area contributed by atoms with Crippen LogP contribution in [-0.2, 0) is 10.2 Å². The minimum atomic E-state index is -0.495. The van der Waals surface area contributed by atoms with E-state index in [0.717, 1.165) is 11.1 Å². The van der Waals surface area contributed by atoms with Crippen molar-refractivity contribution in [2.45, 2.75) is 33.1 Å². The molecule has 1 N–H and O–H groups in total. The molecule has 2 aromatic carbocycles. The number of ether oxygens (including phenoxy) is 1. The van der Waals surface area contributed by atoms with Gasteiger partial charge in [0.05, 0.1) is 10.6 Å². The first-order valence-corrected chi connectivity index (χ1v) is 7.95. The average Bonchev–Trinajstić information content (AvgIpc) is 2.54. The number of nitrogens with zero attached hydrogens (tertiary/aromatic N) is 1. The van der Waals surface area contributed by atoms with Crippen LogP contribution in [0.1, 0.15) is 31.9 Å². The van der Waals surface area contributed by atoms with E-state index in [1.54, 1.807) is 13.0 Å². The van der Waals surface area contributed by atoms with Gasteiger partial charge in [-0.1, -0.05) is 45.0 Å². The predicted molar refractivity (Wildman–Crippen MR) is 97.1 cm³/mol. The lowest BCUT2D eigenvalue weighted by Gasteiger charge is -2.22. The summed E-state index contributed by atoms with van der Waals surface area (Å²) in [5, 5.41) is 13.5. The Morgan fingerprint density at radius 3 is 2.52 bits per heavy atom. The Bertz CT molecular complexity index is 794. The van der Waals surface area contributed by atoms with Gasteiger partial charge in [-0.15, -0.1) is 0 Å². The van der Waals surface area contributed by atoms with E-state index in [0.29, 0.717) is 11.4 Å². The predicted octanol–water partition coefficient (Wildman–Crippen LogP) is 4.22. The maximum Gasteiger partial charge on any atom is 0.271 e. The summed E-state index contributed by atoms with van der Waals surface area (Å²) in [6.07, 6.45) is 0. The standard InChI is InChI=1S/C19H22N2O4/c1-13-9-10-14(21(23)24)11-16(13)20-18(22)12-25-17-8-6-5-7-15(17)19(2,3)4/h5-11H,12H2,1-4H3,(H,20,22). The molecule has 0 aromatic heterocycles. The Morgan fingerprint density at radius 2 is 1.88 bits per heavy atom. The van der Waals surface area contributed by atoms with Gasteiger partial charge in [0.25, 0.3) is 11.6 Å². The third-order valence-corrected chi connectivity index (χ3v) is 3.76. The second-order valence-corrected chi connectivity index (χ2v) is 6.84. The Balaban J connectivity index is 2.08. The molecule has 0 radical (unpaired) electrons. The number of carbonyl (C=O) groups excluding carboxylic acids is 1. The maximum atomic E-state index is 12.2. The normalized spacial score (nSPS) is 11.0. The number of carbonyl (C=O) groups is 1. The Labute approximate surface area is 147 Å². The van der Waals surface area contributed by atoms with Crippen molar-refractivity contribution >= 4 is 17.3 Å². The fourth-order valence-electron chi connectivity index (χ4n) is 2.40. The lowest BCUT2D eigenvalue weighted by Crippen LogP contribution is -2.22. The van der Waals surface area contributed by atoms with Crippen molar-refractivity contribution in [3.8, 4) is 5.75 Å². The van der Waals surface area contributed by atoms with Gasteiger partial charge in [0.1, 0.15) is 5.75 Å². The highest BCUT2D eigenvalue weighted by Crippen LogP contribution is 2.31. The van der Waals surface area contributed by atoms with Crippen LogP contribution in [-0.4, -0.2) is 17.4 Å². The number of benzene rings is 2. The van der Waals surface area contributed by atoms with Crippen molar-refractivity contribution in [1.82, 2.24) is 0 Å². The molecule has 132 valence electrons. The zero-order chi connectivity index (χ0) is 18.6. The Hall–Kier alpha value is -2.89. The van der Waals surface area contributed by atoms with E-state index in [4.69, 9.17) is 4.74 Å². The van der Waals surface area contributed by atoms with Gasteiger partial charge in [-0.3, -0.25) is 14.9 Å². The molecule has 6 nitrogen and oxygen atoms in total. The van der Waals surface area contributed by atoms with Crippen LogP contribution in [0.25, 0.3) is 0 Å². The third-order valence-electron chi connectivity index (χ3n) is 3.76. The molecule has 0 atom stereocenters. The summed E-state index contributed by atoms with van der Waals surface area (Å²) in [5.74, 6) is 0.285. The summed E-state index contributed by atoms with van der Waals surface area (Å²) in [6.45, 7) is 7.81. The molecule has 1 amide bonds. The van der Waals surface area contributed by atoms with Gasteiger partial charge in [0.2, 0.25) is 0 Å². The number of hydrogen-bond donors (Lipinski definition) is 1. The number of rotatable bonds is 5. The first kappa shape index (κ1) is 18.4. The lowest BCUT2D eigenvalue weighted by molar-refractivity contribution is -0.384. The number of non-ortho nitro benzene ring substituents is 1. The lowest BCUT2D eigenvalue weighted by atomic mass is 9.86. The molecular formula is C19H22N2O4. The van der Waals surface area contributed by atoms with Crippen molar-refractivity contribution in [2.24, 2.45) is 0 Å². The molecule has 0 fully saturated rings. The average molecular weight is 342 g/mol. The summed E-state index contributed by atoms with van der Waals surface area (Å²) in [6, 6.07) is 11.9. The van der Waals surface area contributed by atoms with Gasteiger partial charge in [0.15, 0.2) is 6.61 Å². The number of hydrogen-bond acceptors (Lipinski definition) is 4. The summed E-state index contributed by atoms with van der Waals surface area (Å²) in [7, 11) is 0. The highest BCUT2D eigenvalue weighted by atomic mass is 16.6. The molecular weight excluding hydrogens is 320 g/mol.